The summed E-state index contributed by atoms with van der Waals surface area (Å²) in [6.45, 7) is 5.77. The minimum Gasteiger partial charge on any atom is -0.320 e. The van der Waals surface area contributed by atoms with Crippen LogP contribution in [0.5, 0.6) is 0 Å². The van der Waals surface area contributed by atoms with E-state index in [9.17, 15) is 8.78 Å². The smallest absolute Gasteiger partial charge is 0.134 e. The molecule has 21 heavy (non-hydrogen) atoms. The number of aryl methyl sites for hydroxylation is 3. The number of nitrogens with two attached hydrogens (primary N) is 1. The highest BCUT2D eigenvalue weighted by molar-refractivity contribution is 5.40. The zero-order valence-electron chi connectivity index (χ0n) is 12.7. The molecule has 0 heterocycles. The van der Waals surface area contributed by atoms with Crippen molar-refractivity contribution in [3.63, 3.8) is 0 Å². The van der Waals surface area contributed by atoms with Crippen LogP contribution in [0.4, 0.5) is 8.78 Å². The van der Waals surface area contributed by atoms with Crippen LogP contribution in [0, 0.1) is 18.6 Å². The number of rotatable bonds is 4. The highest BCUT2D eigenvalue weighted by Crippen LogP contribution is 2.28. The molecule has 2 aromatic carbocycles. The quantitative estimate of drug-likeness (QED) is 0.884. The largest absolute Gasteiger partial charge is 0.320 e. The predicted octanol–water partition coefficient (Wildman–Crippen LogP) is 4.45. The van der Waals surface area contributed by atoms with Crippen LogP contribution in [0.3, 0.4) is 0 Å². The average molecular weight is 289 g/mol. The molecule has 2 aromatic rings. The Hall–Kier alpha value is -1.74. The topological polar surface area (TPSA) is 26.0 Å². The predicted molar refractivity (Wildman–Crippen MR) is 82.3 cm³/mol. The van der Waals surface area contributed by atoms with Gasteiger partial charge < -0.3 is 5.73 Å². The van der Waals surface area contributed by atoms with Gasteiger partial charge in [-0.25, -0.2) is 8.78 Å². The summed E-state index contributed by atoms with van der Waals surface area (Å²) in [4.78, 5) is 0. The van der Waals surface area contributed by atoms with Gasteiger partial charge in [0, 0.05) is 5.56 Å². The molecular formula is C18H21F2N. The molecule has 1 atom stereocenters. The molecule has 0 aromatic heterocycles. The van der Waals surface area contributed by atoms with Crippen LogP contribution in [-0.4, -0.2) is 0 Å². The summed E-state index contributed by atoms with van der Waals surface area (Å²) in [5.41, 5.74) is 9.64. The molecule has 112 valence electrons. The fourth-order valence-electron chi connectivity index (χ4n) is 2.64. The maximum Gasteiger partial charge on any atom is 0.134 e. The monoisotopic (exact) mass is 289 g/mol. The molecule has 0 bridgehead atoms. The Labute approximate surface area is 124 Å². The normalized spacial score (nSPS) is 12.5. The molecule has 1 nitrogen and oxygen atoms in total. The van der Waals surface area contributed by atoms with Gasteiger partial charge in [0.15, 0.2) is 0 Å². The second kappa shape index (κ2) is 6.35. The van der Waals surface area contributed by atoms with Gasteiger partial charge in [-0.05, 0) is 48.1 Å². The molecule has 0 aliphatic heterocycles. The SMILES string of the molecule is CCc1ccc(C(N)c2c(F)ccc(C)c2F)cc1CC. The Morgan fingerprint density at radius 2 is 1.67 bits per heavy atom. The van der Waals surface area contributed by atoms with E-state index >= 15 is 0 Å². The zero-order chi connectivity index (χ0) is 15.6. The fraction of sp³-hybridized carbons (Fsp3) is 0.333. The van der Waals surface area contributed by atoms with Crippen molar-refractivity contribution in [2.45, 2.75) is 39.7 Å². The minimum atomic E-state index is -0.791. The second-order valence-electron chi connectivity index (χ2n) is 5.30. The summed E-state index contributed by atoms with van der Waals surface area (Å²) in [5.74, 6) is -1.15. The van der Waals surface area contributed by atoms with Crippen molar-refractivity contribution in [3.05, 3.63) is 69.8 Å². The summed E-state index contributed by atoms with van der Waals surface area (Å²) in [7, 11) is 0. The third-order valence-corrected chi connectivity index (χ3v) is 3.98. The molecule has 1 unspecified atom stereocenters. The van der Waals surface area contributed by atoms with Crippen LogP contribution in [0.1, 0.15) is 47.7 Å². The minimum absolute atomic E-state index is 0.0544. The molecule has 0 amide bonds. The lowest BCUT2D eigenvalue weighted by Gasteiger charge is -2.17. The first-order valence-electron chi connectivity index (χ1n) is 7.31. The van der Waals surface area contributed by atoms with Crippen LogP contribution < -0.4 is 5.73 Å². The lowest BCUT2D eigenvalue weighted by molar-refractivity contribution is 0.538. The highest BCUT2D eigenvalue weighted by Gasteiger charge is 2.20. The van der Waals surface area contributed by atoms with Gasteiger partial charge in [-0.3, -0.25) is 0 Å². The van der Waals surface area contributed by atoms with Gasteiger partial charge in [0.25, 0.3) is 0 Å². The third kappa shape index (κ3) is 2.98. The van der Waals surface area contributed by atoms with E-state index in [0.717, 1.165) is 18.4 Å². The van der Waals surface area contributed by atoms with Gasteiger partial charge in [0.2, 0.25) is 0 Å². The van der Waals surface area contributed by atoms with Crippen molar-refractivity contribution in [3.8, 4) is 0 Å². The molecule has 2 rings (SSSR count). The molecule has 0 spiro atoms. The van der Waals surface area contributed by atoms with E-state index in [4.69, 9.17) is 5.73 Å². The summed E-state index contributed by atoms with van der Waals surface area (Å²) in [6, 6.07) is 7.74. The molecule has 2 N–H and O–H groups in total. The molecule has 0 saturated carbocycles. The van der Waals surface area contributed by atoms with E-state index in [1.54, 1.807) is 6.92 Å². The van der Waals surface area contributed by atoms with E-state index in [-0.39, 0.29) is 5.56 Å². The third-order valence-electron chi connectivity index (χ3n) is 3.98. The van der Waals surface area contributed by atoms with Crippen LogP contribution in [0.15, 0.2) is 30.3 Å². The number of hydrogen-bond donors (Lipinski definition) is 1. The van der Waals surface area contributed by atoms with Gasteiger partial charge in [0.1, 0.15) is 11.6 Å². The molecule has 0 aliphatic carbocycles. The number of halogens is 2. The van der Waals surface area contributed by atoms with E-state index in [2.05, 4.69) is 13.8 Å². The summed E-state index contributed by atoms with van der Waals surface area (Å²) >= 11 is 0. The van der Waals surface area contributed by atoms with Crippen LogP contribution in [-0.2, 0) is 12.8 Å². The van der Waals surface area contributed by atoms with E-state index < -0.39 is 17.7 Å². The average Bonchev–Trinajstić information content (AvgIpc) is 2.50. The molecule has 0 aliphatic rings. The highest BCUT2D eigenvalue weighted by atomic mass is 19.1. The molecule has 0 saturated heterocycles. The summed E-state index contributed by atoms with van der Waals surface area (Å²) in [6.07, 6.45) is 1.81. The molecule has 0 fully saturated rings. The Balaban J connectivity index is 2.50. The van der Waals surface area contributed by atoms with Crippen molar-refractivity contribution < 1.29 is 8.78 Å². The number of hydrogen-bond acceptors (Lipinski definition) is 1. The first-order valence-corrected chi connectivity index (χ1v) is 7.31. The number of benzene rings is 2. The van der Waals surface area contributed by atoms with E-state index in [1.807, 2.05) is 18.2 Å². The van der Waals surface area contributed by atoms with Crippen molar-refractivity contribution in [1.82, 2.24) is 0 Å². The lowest BCUT2D eigenvalue weighted by atomic mass is 9.92. The summed E-state index contributed by atoms with van der Waals surface area (Å²) in [5, 5.41) is 0. The zero-order valence-corrected chi connectivity index (χ0v) is 12.7. The van der Waals surface area contributed by atoms with Crippen molar-refractivity contribution in [1.29, 1.82) is 0 Å². The van der Waals surface area contributed by atoms with Crippen LogP contribution in [0.25, 0.3) is 0 Å². The Morgan fingerprint density at radius 3 is 2.29 bits per heavy atom. The second-order valence-corrected chi connectivity index (χ2v) is 5.30. The Kier molecular flexibility index (Phi) is 4.73. The van der Waals surface area contributed by atoms with Gasteiger partial charge >= 0.3 is 0 Å². The van der Waals surface area contributed by atoms with Crippen molar-refractivity contribution >= 4 is 0 Å². The van der Waals surface area contributed by atoms with Gasteiger partial charge in [0.05, 0.1) is 6.04 Å². The van der Waals surface area contributed by atoms with Crippen LogP contribution >= 0.6 is 0 Å². The van der Waals surface area contributed by atoms with Gasteiger partial charge in [-0.1, -0.05) is 38.1 Å². The maximum atomic E-state index is 14.2. The standard InChI is InChI=1S/C18H21F2N/c1-4-12-7-8-14(10-13(12)5-2)18(21)16-15(19)9-6-11(3)17(16)20/h6-10,18H,4-5,21H2,1-3H3. The van der Waals surface area contributed by atoms with E-state index in [0.29, 0.717) is 5.56 Å². The first-order chi connectivity index (χ1) is 9.99. The summed E-state index contributed by atoms with van der Waals surface area (Å²) < 4.78 is 28.2. The van der Waals surface area contributed by atoms with Gasteiger partial charge in [-0.15, -0.1) is 0 Å². The first kappa shape index (κ1) is 15.6. The van der Waals surface area contributed by atoms with Crippen LogP contribution in [0.2, 0.25) is 0 Å². The maximum absolute atomic E-state index is 14.2. The van der Waals surface area contributed by atoms with Crippen molar-refractivity contribution in [2.75, 3.05) is 0 Å². The Morgan fingerprint density at radius 1 is 1.00 bits per heavy atom. The fourth-order valence-corrected chi connectivity index (χ4v) is 2.64. The lowest BCUT2D eigenvalue weighted by Crippen LogP contribution is -2.17. The molecule has 0 radical (unpaired) electrons. The van der Waals surface area contributed by atoms with E-state index in [1.165, 1.54) is 23.3 Å². The molecule has 3 heteroatoms. The van der Waals surface area contributed by atoms with Gasteiger partial charge in [-0.2, -0.15) is 0 Å². The Bertz CT molecular complexity index is 650. The van der Waals surface area contributed by atoms with Crippen molar-refractivity contribution in [2.24, 2.45) is 5.73 Å². The molecular weight excluding hydrogens is 268 g/mol.